The molecule has 1 aromatic carbocycles. The predicted octanol–water partition coefficient (Wildman–Crippen LogP) is 4.38. The summed E-state index contributed by atoms with van der Waals surface area (Å²) in [6, 6.07) is 9.20. The number of halogens is 1. The van der Waals surface area contributed by atoms with Crippen molar-refractivity contribution in [3.05, 3.63) is 52.0 Å². The summed E-state index contributed by atoms with van der Waals surface area (Å²) in [5, 5.41) is 5.65. The van der Waals surface area contributed by atoms with E-state index in [4.69, 9.17) is 0 Å². The first kappa shape index (κ1) is 10.8. The Labute approximate surface area is 104 Å². The molecule has 3 rings (SSSR count). The number of anilines is 1. The van der Waals surface area contributed by atoms with E-state index in [2.05, 4.69) is 16.8 Å². The fourth-order valence-electron chi connectivity index (χ4n) is 2.38. The van der Waals surface area contributed by atoms with E-state index in [1.807, 2.05) is 11.3 Å². The quantitative estimate of drug-likeness (QED) is 0.830. The van der Waals surface area contributed by atoms with Crippen molar-refractivity contribution in [1.29, 1.82) is 0 Å². The van der Waals surface area contributed by atoms with Gasteiger partial charge < -0.3 is 5.32 Å². The van der Waals surface area contributed by atoms with E-state index in [0.717, 1.165) is 12.1 Å². The SMILES string of the molecule is Fc1ccc(NC2CCCc3sccc32)cc1. The highest BCUT2D eigenvalue weighted by atomic mass is 32.1. The summed E-state index contributed by atoms with van der Waals surface area (Å²) in [5.41, 5.74) is 2.42. The number of aryl methyl sites for hydroxylation is 1. The summed E-state index contributed by atoms with van der Waals surface area (Å²) in [6.07, 6.45) is 3.59. The molecule has 2 aromatic rings. The Kier molecular flexibility index (Phi) is 2.85. The Balaban J connectivity index is 1.81. The molecule has 1 unspecified atom stereocenters. The van der Waals surface area contributed by atoms with Crippen molar-refractivity contribution in [1.82, 2.24) is 0 Å². The van der Waals surface area contributed by atoms with E-state index in [-0.39, 0.29) is 5.82 Å². The zero-order valence-electron chi connectivity index (χ0n) is 9.45. The van der Waals surface area contributed by atoms with Crippen molar-refractivity contribution < 1.29 is 4.39 Å². The van der Waals surface area contributed by atoms with Crippen molar-refractivity contribution >= 4 is 17.0 Å². The van der Waals surface area contributed by atoms with Gasteiger partial charge in [0.05, 0.1) is 6.04 Å². The van der Waals surface area contributed by atoms with Gasteiger partial charge in [0.15, 0.2) is 0 Å². The van der Waals surface area contributed by atoms with E-state index in [1.54, 1.807) is 12.1 Å². The lowest BCUT2D eigenvalue weighted by molar-refractivity contribution is 0.607. The van der Waals surface area contributed by atoms with Crippen molar-refractivity contribution in [3.8, 4) is 0 Å². The average Bonchev–Trinajstić information content (AvgIpc) is 2.81. The highest BCUT2D eigenvalue weighted by Crippen LogP contribution is 2.35. The lowest BCUT2D eigenvalue weighted by atomic mass is 9.94. The largest absolute Gasteiger partial charge is 0.378 e. The van der Waals surface area contributed by atoms with Gasteiger partial charge in [-0.3, -0.25) is 0 Å². The summed E-state index contributed by atoms with van der Waals surface area (Å²) in [7, 11) is 0. The first-order valence-corrected chi connectivity index (χ1v) is 6.79. The summed E-state index contributed by atoms with van der Waals surface area (Å²) in [6.45, 7) is 0. The zero-order valence-corrected chi connectivity index (χ0v) is 10.3. The van der Waals surface area contributed by atoms with Crippen LogP contribution in [0.4, 0.5) is 10.1 Å². The molecule has 1 heterocycles. The Hall–Kier alpha value is -1.35. The Morgan fingerprint density at radius 1 is 1.18 bits per heavy atom. The maximum atomic E-state index is 12.8. The topological polar surface area (TPSA) is 12.0 Å². The number of rotatable bonds is 2. The molecule has 1 N–H and O–H groups in total. The summed E-state index contributed by atoms with van der Waals surface area (Å²) in [5.74, 6) is -0.185. The standard InChI is InChI=1S/C14H14FNS/c15-10-4-6-11(7-5-10)16-13-2-1-3-14-12(13)8-9-17-14/h4-9,13,16H,1-3H2. The van der Waals surface area contributed by atoms with E-state index in [0.29, 0.717) is 6.04 Å². The van der Waals surface area contributed by atoms with Crippen LogP contribution in [0.15, 0.2) is 35.7 Å². The molecule has 0 bridgehead atoms. The smallest absolute Gasteiger partial charge is 0.123 e. The molecule has 1 aromatic heterocycles. The molecule has 0 radical (unpaired) electrons. The first-order chi connectivity index (χ1) is 8.33. The van der Waals surface area contributed by atoms with Crippen molar-refractivity contribution in [2.75, 3.05) is 5.32 Å². The molecule has 1 nitrogen and oxygen atoms in total. The number of fused-ring (bicyclic) bond motifs is 1. The molecule has 17 heavy (non-hydrogen) atoms. The van der Waals surface area contributed by atoms with E-state index in [1.165, 1.54) is 35.4 Å². The molecule has 3 heteroatoms. The van der Waals surface area contributed by atoms with Crippen LogP contribution >= 0.6 is 11.3 Å². The second kappa shape index (κ2) is 4.49. The van der Waals surface area contributed by atoms with Crippen LogP contribution in [0.3, 0.4) is 0 Å². The summed E-state index contributed by atoms with van der Waals surface area (Å²) >= 11 is 1.84. The summed E-state index contributed by atoms with van der Waals surface area (Å²) < 4.78 is 12.8. The lowest BCUT2D eigenvalue weighted by Crippen LogP contribution is -2.15. The fraction of sp³-hybridized carbons (Fsp3) is 0.286. The number of nitrogens with one attached hydrogen (secondary N) is 1. The molecule has 1 atom stereocenters. The minimum Gasteiger partial charge on any atom is -0.378 e. The highest BCUT2D eigenvalue weighted by Gasteiger charge is 2.20. The monoisotopic (exact) mass is 247 g/mol. The molecule has 1 aliphatic carbocycles. The third kappa shape index (κ3) is 2.20. The van der Waals surface area contributed by atoms with Crippen LogP contribution in [0.5, 0.6) is 0 Å². The molecular weight excluding hydrogens is 233 g/mol. The van der Waals surface area contributed by atoms with E-state index >= 15 is 0 Å². The molecule has 0 saturated carbocycles. The average molecular weight is 247 g/mol. The van der Waals surface area contributed by atoms with Gasteiger partial charge in [-0.2, -0.15) is 0 Å². The van der Waals surface area contributed by atoms with Gasteiger partial charge >= 0.3 is 0 Å². The van der Waals surface area contributed by atoms with E-state index < -0.39 is 0 Å². The van der Waals surface area contributed by atoms with Gasteiger partial charge in [-0.1, -0.05) is 0 Å². The molecular formula is C14H14FNS. The zero-order chi connectivity index (χ0) is 11.7. The van der Waals surface area contributed by atoms with Gasteiger partial charge in [0.25, 0.3) is 0 Å². The van der Waals surface area contributed by atoms with Crippen LogP contribution < -0.4 is 5.32 Å². The molecule has 0 spiro atoms. The van der Waals surface area contributed by atoms with Gasteiger partial charge in [0.2, 0.25) is 0 Å². The number of benzene rings is 1. The first-order valence-electron chi connectivity index (χ1n) is 5.91. The maximum Gasteiger partial charge on any atom is 0.123 e. The van der Waals surface area contributed by atoms with Gasteiger partial charge in [-0.15, -0.1) is 11.3 Å². The third-order valence-electron chi connectivity index (χ3n) is 3.24. The maximum absolute atomic E-state index is 12.8. The Bertz CT molecular complexity index is 503. The molecule has 0 fully saturated rings. The van der Waals surface area contributed by atoms with Gasteiger partial charge in [-0.25, -0.2) is 4.39 Å². The molecule has 0 aliphatic heterocycles. The van der Waals surface area contributed by atoms with Gasteiger partial charge in [0.1, 0.15) is 5.82 Å². The van der Waals surface area contributed by atoms with Gasteiger partial charge in [0, 0.05) is 10.6 Å². The van der Waals surface area contributed by atoms with Crippen LogP contribution in [0.2, 0.25) is 0 Å². The molecule has 1 aliphatic rings. The van der Waals surface area contributed by atoms with Crippen LogP contribution in [0.1, 0.15) is 29.3 Å². The number of thiophene rings is 1. The predicted molar refractivity (Wildman–Crippen MR) is 70.0 cm³/mol. The van der Waals surface area contributed by atoms with Crippen LogP contribution in [0, 0.1) is 5.82 Å². The van der Waals surface area contributed by atoms with Crippen molar-refractivity contribution in [2.24, 2.45) is 0 Å². The third-order valence-corrected chi connectivity index (χ3v) is 4.23. The fourth-order valence-corrected chi connectivity index (χ4v) is 3.37. The number of hydrogen-bond donors (Lipinski definition) is 1. The summed E-state index contributed by atoms with van der Waals surface area (Å²) in [4.78, 5) is 1.50. The van der Waals surface area contributed by atoms with E-state index in [9.17, 15) is 4.39 Å². The number of hydrogen-bond acceptors (Lipinski definition) is 2. The molecule has 0 amide bonds. The van der Waals surface area contributed by atoms with Crippen LogP contribution in [-0.2, 0) is 6.42 Å². The second-order valence-corrected chi connectivity index (χ2v) is 5.40. The molecule has 0 saturated heterocycles. The minimum absolute atomic E-state index is 0.185. The van der Waals surface area contributed by atoms with Crippen LogP contribution in [-0.4, -0.2) is 0 Å². The second-order valence-electron chi connectivity index (χ2n) is 4.40. The van der Waals surface area contributed by atoms with Gasteiger partial charge in [-0.05, 0) is 60.5 Å². The normalized spacial score (nSPS) is 18.8. The van der Waals surface area contributed by atoms with Crippen molar-refractivity contribution in [3.63, 3.8) is 0 Å². The van der Waals surface area contributed by atoms with Crippen LogP contribution in [0.25, 0.3) is 0 Å². The van der Waals surface area contributed by atoms with Crippen molar-refractivity contribution in [2.45, 2.75) is 25.3 Å². The minimum atomic E-state index is -0.185. The lowest BCUT2D eigenvalue weighted by Gasteiger charge is -2.24. The Morgan fingerprint density at radius 2 is 2.00 bits per heavy atom. The molecule has 88 valence electrons. The highest BCUT2D eigenvalue weighted by molar-refractivity contribution is 7.10. The Morgan fingerprint density at radius 3 is 2.82 bits per heavy atom.